The summed E-state index contributed by atoms with van der Waals surface area (Å²) in [5.41, 5.74) is 0. The van der Waals surface area contributed by atoms with Crippen LogP contribution in [-0.2, 0) is 0 Å². The third-order valence-corrected chi connectivity index (χ3v) is 2.26. The van der Waals surface area contributed by atoms with Gasteiger partial charge in [0.1, 0.15) is 0 Å². The minimum absolute atomic E-state index is 1.35. The van der Waals surface area contributed by atoms with E-state index in [1.807, 2.05) is 0 Å². The van der Waals surface area contributed by atoms with Crippen LogP contribution < -0.4 is 0 Å². The van der Waals surface area contributed by atoms with E-state index in [4.69, 9.17) is 0 Å². The molecule has 0 bridgehead atoms. The predicted octanol–water partition coefficient (Wildman–Crippen LogP) is 1.58. The van der Waals surface area contributed by atoms with Crippen LogP contribution in [0.1, 0.15) is 0 Å². The van der Waals surface area contributed by atoms with Crippen LogP contribution in [0.4, 0.5) is 0 Å². The summed E-state index contributed by atoms with van der Waals surface area (Å²) in [6, 6.07) is 10.5. The van der Waals surface area contributed by atoms with Crippen LogP contribution in [0.5, 0.6) is 0 Å². The van der Waals surface area contributed by atoms with Crippen LogP contribution in [0.2, 0.25) is 0 Å². The summed E-state index contributed by atoms with van der Waals surface area (Å²) in [4.78, 5) is 0. The Labute approximate surface area is 58.8 Å². The van der Waals surface area contributed by atoms with Gasteiger partial charge in [0.2, 0.25) is 0 Å². The molecule has 0 aliphatic rings. The van der Waals surface area contributed by atoms with Gasteiger partial charge in [-0.3, -0.25) is 0 Å². The second-order valence-corrected chi connectivity index (χ2v) is 2.91. The molecule has 0 spiro atoms. The number of hydrogen-bond acceptors (Lipinski definition) is 1. The van der Waals surface area contributed by atoms with Crippen molar-refractivity contribution in [3.05, 3.63) is 24.3 Å². The molecule has 40 valence electrons. The van der Waals surface area contributed by atoms with E-state index in [1.165, 1.54) is 9.98 Å². The summed E-state index contributed by atoms with van der Waals surface area (Å²) in [7, 11) is 0. The minimum atomic E-state index is 1.35. The van der Waals surface area contributed by atoms with Crippen LogP contribution in [0, 0.1) is 0 Å². The Kier molecular flexibility index (Phi) is 1.23. The molecule has 0 radical (unpaired) electrons. The quantitative estimate of drug-likeness (QED) is 0.507. The molecule has 1 aromatic heterocycles. The van der Waals surface area contributed by atoms with Crippen LogP contribution in [0.25, 0.3) is 9.98 Å². The van der Waals surface area contributed by atoms with Gasteiger partial charge in [-0.05, 0) is 0 Å². The summed E-state index contributed by atoms with van der Waals surface area (Å²) in [5, 5.41) is 1.35. The number of hydrogen-bond donors (Lipinski definition) is 0. The van der Waals surface area contributed by atoms with Crippen molar-refractivity contribution in [3.8, 4) is 0 Å². The Bertz CT molecular complexity index is 285. The van der Waals surface area contributed by atoms with Crippen molar-refractivity contribution in [3.63, 3.8) is 0 Å². The Morgan fingerprint density at radius 1 is 1.22 bits per heavy atom. The van der Waals surface area contributed by atoms with E-state index in [9.17, 15) is 0 Å². The zero-order chi connectivity index (χ0) is 6.10. The van der Waals surface area contributed by atoms with Crippen LogP contribution >= 0.6 is 11.2 Å². The molecule has 0 aliphatic heterocycles. The Hall–Kier alpha value is -0.430. The SMILES string of the molecule is b1bc2ccccc2s1. The fraction of sp³-hybridized carbons (Fsp3) is 0. The van der Waals surface area contributed by atoms with Crippen molar-refractivity contribution in [1.82, 2.24) is 0 Å². The van der Waals surface area contributed by atoms with Crippen molar-refractivity contribution in [2.24, 2.45) is 0 Å². The van der Waals surface area contributed by atoms with Crippen LogP contribution in [0.15, 0.2) is 24.3 Å². The van der Waals surface area contributed by atoms with E-state index < -0.39 is 0 Å². The van der Waals surface area contributed by atoms with Gasteiger partial charge >= 0.3 is 58.3 Å². The van der Waals surface area contributed by atoms with Gasteiger partial charge in [0.05, 0.1) is 0 Å². The van der Waals surface area contributed by atoms with Gasteiger partial charge in [-0.1, -0.05) is 0 Å². The molecule has 0 fully saturated rings. The molecule has 0 aliphatic carbocycles. The third-order valence-electron chi connectivity index (χ3n) is 1.36. The number of fused-ring (bicyclic) bond motifs is 1. The molecule has 0 saturated carbocycles. The average molecular weight is 130 g/mol. The van der Waals surface area contributed by atoms with Crippen molar-refractivity contribution in [1.29, 1.82) is 0 Å². The fourth-order valence-corrected chi connectivity index (χ4v) is 1.70. The third kappa shape index (κ3) is 0.855. The van der Waals surface area contributed by atoms with Crippen molar-refractivity contribution >= 4 is 34.0 Å². The number of benzene rings is 1. The second-order valence-electron chi connectivity index (χ2n) is 1.96. The van der Waals surface area contributed by atoms with Crippen molar-refractivity contribution in [2.45, 2.75) is 0 Å². The molecule has 0 nitrogen and oxygen atoms in total. The topological polar surface area (TPSA) is 0 Å². The maximum absolute atomic E-state index is 2.14. The van der Waals surface area contributed by atoms with Gasteiger partial charge in [-0.2, -0.15) is 0 Å². The van der Waals surface area contributed by atoms with E-state index in [0.29, 0.717) is 0 Å². The summed E-state index contributed by atoms with van der Waals surface area (Å²) in [6.07, 6.45) is 0. The molecular weight excluding hydrogens is 126 g/mol. The first-order chi connectivity index (χ1) is 4.47. The van der Waals surface area contributed by atoms with Gasteiger partial charge in [0, 0.05) is 0 Å². The van der Waals surface area contributed by atoms with Gasteiger partial charge in [-0.15, -0.1) is 0 Å². The summed E-state index contributed by atoms with van der Waals surface area (Å²) in [5.74, 6) is 0. The summed E-state index contributed by atoms with van der Waals surface area (Å²) in [6.45, 7) is 2.14. The Morgan fingerprint density at radius 2 is 2.11 bits per heavy atom. The molecule has 1 heterocycles. The van der Waals surface area contributed by atoms with Crippen LogP contribution in [0.3, 0.4) is 0 Å². The van der Waals surface area contributed by atoms with E-state index in [2.05, 4.69) is 37.1 Å². The average Bonchev–Trinajstić information content (AvgIpc) is 2.33. The zero-order valence-corrected chi connectivity index (χ0v) is 5.69. The van der Waals surface area contributed by atoms with Gasteiger partial charge in [0.15, 0.2) is 0 Å². The molecule has 0 amide bonds. The van der Waals surface area contributed by atoms with E-state index in [0.717, 1.165) is 0 Å². The zero-order valence-electron chi connectivity index (χ0n) is 4.87. The summed E-state index contributed by atoms with van der Waals surface area (Å²) < 4.78 is 1.37. The first kappa shape index (κ1) is 5.36. The standard InChI is InChI=1S/C6H4B2S/c1-2-4-6-5(3-1)7-8-9-6/h1-4H. The molecule has 2 rings (SSSR count). The molecule has 0 unspecified atom stereocenters. The Balaban J connectivity index is 2.95. The van der Waals surface area contributed by atoms with E-state index in [-0.39, 0.29) is 0 Å². The van der Waals surface area contributed by atoms with Crippen molar-refractivity contribution in [2.75, 3.05) is 0 Å². The molecule has 3 heteroatoms. The van der Waals surface area contributed by atoms with E-state index >= 15 is 0 Å². The molecule has 0 N–H and O–H groups in total. The fourth-order valence-electron chi connectivity index (χ4n) is 0.906. The van der Waals surface area contributed by atoms with Gasteiger partial charge in [0.25, 0.3) is 0 Å². The van der Waals surface area contributed by atoms with Crippen molar-refractivity contribution < 1.29 is 0 Å². The van der Waals surface area contributed by atoms with E-state index in [1.54, 1.807) is 11.2 Å². The monoisotopic (exact) mass is 130 g/mol. The number of rotatable bonds is 0. The first-order valence-electron chi connectivity index (χ1n) is 2.89. The Morgan fingerprint density at radius 3 is 3.00 bits per heavy atom. The molecule has 0 atom stereocenters. The summed E-state index contributed by atoms with van der Waals surface area (Å²) >= 11 is 1.79. The maximum atomic E-state index is 2.14. The normalized spacial score (nSPS) is 9.33. The first-order valence-corrected chi connectivity index (χ1v) is 3.77. The van der Waals surface area contributed by atoms with Gasteiger partial charge in [-0.25, -0.2) is 0 Å². The molecule has 9 heavy (non-hydrogen) atoms. The second kappa shape index (κ2) is 2.07. The predicted molar refractivity (Wildman–Crippen MR) is 44.5 cm³/mol. The molecule has 0 saturated heterocycles. The van der Waals surface area contributed by atoms with Gasteiger partial charge < -0.3 is 0 Å². The van der Waals surface area contributed by atoms with Crippen LogP contribution in [-0.4, -0.2) is 12.9 Å². The molecule has 1 aromatic carbocycles. The molecular formula is C6H4B2S. The molecule has 2 aromatic rings.